The van der Waals surface area contributed by atoms with E-state index < -0.39 is 5.60 Å². The molecule has 0 aromatic carbocycles. The molecule has 1 aliphatic rings. The first kappa shape index (κ1) is 14.0. The molecule has 0 saturated heterocycles. The van der Waals surface area contributed by atoms with Crippen molar-refractivity contribution in [2.45, 2.75) is 71.3 Å². The number of aliphatic hydroxyl groups is 2. The fourth-order valence-electron chi connectivity index (χ4n) is 3.00. The zero-order chi connectivity index (χ0) is 12.2. The molecule has 96 valence electrons. The largest absolute Gasteiger partial charge is 0.396 e. The van der Waals surface area contributed by atoms with Gasteiger partial charge in [0.1, 0.15) is 0 Å². The second kappa shape index (κ2) is 5.50. The van der Waals surface area contributed by atoms with Gasteiger partial charge < -0.3 is 10.2 Å². The van der Waals surface area contributed by atoms with Crippen molar-refractivity contribution in [3.8, 4) is 0 Å². The lowest BCUT2D eigenvalue weighted by Gasteiger charge is -2.43. The Morgan fingerprint density at radius 3 is 2.44 bits per heavy atom. The summed E-state index contributed by atoms with van der Waals surface area (Å²) in [6.45, 7) is 6.42. The minimum atomic E-state index is -0.652. The van der Waals surface area contributed by atoms with Gasteiger partial charge in [0.05, 0.1) is 12.2 Å². The van der Waals surface area contributed by atoms with E-state index in [0.717, 1.165) is 38.0 Å². The summed E-state index contributed by atoms with van der Waals surface area (Å²) in [5, 5.41) is 20.4. The molecule has 16 heavy (non-hydrogen) atoms. The van der Waals surface area contributed by atoms with Gasteiger partial charge in [0.25, 0.3) is 0 Å². The van der Waals surface area contributed by atoms with Crippen LogP contribution in [0.1, 0.15) is 65.7 Å². The van der Waals surface area contributed by atoms with Crippen LogP contribution >= 0.6 is 0 Å². The van der Waals surface area contributed by atoms with Crippen molar-refractivity contribution >= 4 is 0 Å². The maximum atomic E-state index is 10.8. The van der Waals surface area contributed by atoms with Crippen molar-refractivity contribution in [2.24, 2.45) is 11.3 Å². The lowest BCUT2D eigenvalue weighted by atomic mass is 9.68. The molecule has 0 spiro atoms. The van der Waals surface area contributed by atoms with E-state index in [0.29, 0.717) is 0 Å². The molecule has 0 aromatic heterocycles. The molecule has 0 aromatic rings. The predicted molar refractivity (Wildman–Crippen MR) is 67.3 cm³/mol. The zero-order valence-corrected chi connectivity index (χ0v) is 11.1. The third kappa shape index (κ3) is 2.60. The van der Waals surface area contributed by atoms with Crippen LogP contribution in [-0.2, 0) is 0 Å². The van der Waals surface area contributed by atoms with Crippen molar-refractivity contribution in [3.63, 3.8) is 0 Å². The van der Waals surface area contributed by atoms with Crippen molar-refractivity contribution in [1.29, 1.82) is 0 Å². The van der Waals surface area contributed by atoms with Crippen LogP contribution in [0.3, 0.4) is 0 Å². The zero-order valence-electron chi connectivity index (χ0n) is 11.1. The van der Waals surface area contributed by atoms with Gasteiger partial charge in [-0.1, -0.05) is 40.0 Å². The van der Waals surface area contributed by atoms with Crippen LogP contribution in [0.15, 0.2) is 0 Å². The van der Waals surface area contributed by atoms with Crippen molar-refractivity contribution < 1.29 is 10.2 Å². The van der Waals surface area contributed by atoms with Gasteiger partial charge in [-0.15, -0.1) is 0 Å². The second-order valence-electron chi connectivity index (χ2n) is 5.81. The van der Waals surface area contributed by atoms with Crippen molar-refractivity contribution in [2.75, 3.05) is 6.61 Å². The second-order valence-corrected chi connectivity index (χ2v) is 5.81. The summed E-state index contributed by atoms with van der Waals surface area (Å²) in [7, 11) is 0. The molecule has 0 bridgehead atoms. The Balaban J connectivity index is 2.76. The molecule has 1 aliphatic carbocycles. The molecule has 1 rings (SSSR count). The molecular weight excluding hydrogens is 200 g/mol. The summed E-state index contributed by atoms with van der Waals surface area (Å²) in [6.07, 6.45) is 7.23. The molecule has 3 unspecified atom stereocenters. The van der Waals surface area contributed by atoms with Crippen LogP contribution in [0.25, 0.3) is 0 Å². The third-order valence-corrected chi connectivity index (χ3v) is 5.00. The molecule has 0 amide bonds. The van der Waals surface area contributed by atoms with Gasteiger partial charge in [0, 0.05) is 5.41 Å². The molecule has 0 aliphatic heterocycles. The number of hydrogen-bond donors (Lipinski definition) is 2. The maximum Gasteiger partial charge on any atom is 0.0723 e. The van der Waals surface area contributed by atoms with E-state index in [2.05, 4.69) is 13.8 Å². The highest BCUT2D eigenvalue weighted by molar-refractivity contribution is 4.96. The van der Waals surface area contributed by atoms with Crippen LogP contribution < -0.4 is 0 Å². The van der Waals surface area contributed by atoms with Crippen LogP contribution in [0.2, 0.25) is 0 Å². The first-order chi connectivity index (χ1) is 7.51. The third-order valence-electron chi connectivity index (χ3n) is 5.00. The Labute approximate surface area is 100 Å². The molecule has 0 radical (unpaired) electrons. The summed E-state index contributed by atoms with van der Waals surface area (Å²) < 4.78 is 0. The lowest BCUT2D eigenvalue weighted by Crippen LogP contribution is -2.48. The number of rotatable bonds is 4. The predicted octanol–water partition coefficient (Wildman–Crippen LogP) is 3.12. The van der Waals surface area contributed by atoms with E-state index in [9.17, 15) is 10.2 Å². The van der Waals surface area contributed by atoms with E-state index in [1.807, 2.05) is 6.92 Å². The fourth-order valence-corrected chi connectivity index (χ4v) is 3.00. The average molecular weight is 228 g/mol. The van der Waals surface area contributed by atoms with E-state index >= 15 is 0 Å². The van der Waals surface area contributed by atoms with Gasteiger partial charge in [-0.3, -0.25) is 0 Å². The molecular formula is C14H28O2. The highest BCUT2D eigenvalue weighted by atomic mass is 16.3. The van der Waals surface area contributed by atoms with E-state index in [4.69, 9.17) is 0 Å². The molecule has 2 heteroatoms. The Morgan fingerprint density at radius 2 is 1.94 bits per heavy atom. The van der Waals surface area contributed by atoms with Gasteiger partial charge in [0.15, 0.2) is 0 Å². The lowest BCUT2D eigenvalue weighted by molar-refractivity contribution is -0.112. The SMILES string of the molecule is CCC1CCCC(O)(C(C)(CC)CO)CC1. The average Bonchev–Trinajstić information content (AvgIpc) is 2.51. The van der Waals surface area contributed by atoms with Crippen LogP contribution in [0, 0.1) is 11.3 Å². The Morgan fingerprint density at radius 1 is 1.25 bits per heavy atom. The Hall–Kier alpha value is -0.0800. The van der Waals surface area contributed by atoms with Crippen LogP contribution in [0.4, 0.5) is 0 Å². The monoisotopic (exact) mass is 228 g/mol. The smallest absolute Gasteiger partial charge is 0.0723 e. The van der Waals surface area contributed by atoms with Crippen LogP contribution in [-0.4, -0.2) is 22.4 Å². The maximum absolute atomic E-state index is 10.8. The van der Waals surface area contributed by atoms with Gasteiger partial charge in [-0.25, -0.2) is 0 Å². The highest BCUT2D eigenvalue weighted by Gasteiger charge is 2.45. The van der Waals surface area contributed by atoms with Gasteiger partial charge >= 0.3 is 0 Å². The molecule has 1 fully saturated rings. The minimum Gasteiger partial charge on any atom is -0.396 e. The van der Waals surface area contributed by atoms with Gasteiger partial charge in [-0.05, 0) is 31.6 Å². The van der Waals surface area contributed by atoms with E-state index in [1.54, 1.807) is 0 Å². The van der Waals surface area contributed by atoms with Crippen molar-refractivity contribution in [3.05, 3.63) is 0 Å². The van der Waals surface area contributed by atoms with Crippen molar-refractivity contribution in [1.82, 2.24) is 0 Å². The topological polar surface area (TPSA) is 40.5 Å². The summed E-state index contributed by atoms with van der Waals surface area (Å²) >= 11 is 0. The number of hydrogen-bond acceptors (Lipinski definition) is 2. The Bertz CT molecular complexity index is 211. The number of aliphatic hydroxyl groups excluding tert-OH is 1. The Kier molecular flexibility index (Phi) is 4.81. The molecule has 0 heterocycles. The summed E-state index contributed by atoms with van der Waals surface area (Å²) in [4.78, 5) is 0. The molecule has 1 saturated carbocycles. The summed E-state index contributed by atoms with van der Waals surface area (Å²) in [5.41, 5.74) is -0.976. The van der Waals surface area contributed by atoms with Gasteiger partial charge in [-0.2, -0.15) is 0 Å². The fraction of sp³-hybridized carbons (Fsp3) is 1.00. The molecule has 2 N–H and O–H groups in total. The normalized spacial score (nSPS) is 35.4. The standard InChI is InChI=1S/C14H28O2/c1-4-12-7-6-9-14(16,10-8-12)13(3,5-2)11-15/h12,15-16H,4-11H2,1-3H3. The quantitative estimate of drug-likeness (QED) is 0.726. The van der Waals surface area contributed by atoms with E-state index in [1.165, 1.54) is 12.8 Å². The first-order valence-corrected chi connectivity index (χ1v) is 6.84. The highest BCUT2D eigenvalue weighted by Crippen LogP contribution is 2.44. The van der Waals surface area contributed by atoms with Gasteiger partial charge in [0.2, 0.25) is 0 Å². The summed E-state index contributed by atoms with van der Waals surface area (Å²) in [5.74, 6) is 0.772. The molecule has 2 nitrogen and oxygen atoms in total. The first-order valence-electron chi connectivity index (χ1n) is 6.84. The minimum absolute atomic E-state index is 0.0940. The van der Waals surface area contributed by atoms with E-state index in [-0.39, 0.29) is 12.0 Å². The van der Waals surface area contributed by atoms with Crippen LogP contribution in [0.5, 0.6) is 0 Å². The molecule has 3 atom stereocenters. The summed E-state index contributed by atoms with van der Waals surface area (Å²) in [6, 6.07) is 0.